The molecule has 0 fully saturated rings. The number of rotatable bonds is 3. The van der Waals surface area contributed by atoms with E-state index in [4.69, 9.17) is 15.5 Å². The van der Waals surface area contributed by atoms with E-state index in [0.29, 0.717) is 11.7 Å². The highest BCUT2D eigenvalue weighted by molar-refractivity contribution is 9.10. The van der Waals surface area contributed by atoms with Crippen LogP contribution in [0.15, 0.2) is 76.3 Å². The average Bonchev–Trinajstić information content (AvgIpc) is 2.96. The first-order chi connectivity index (χ1) is 12.1. The van der Waals surface area contributed by atoms with Crippen LogP contribution in [0, 0.1) is 0 Å². The number of pyridine rings is 1. The lowest BCUT2D eigenvalue weighted by molar-refractivity contribution is 0.396. The topological polar surface area (TPSA) is 60.5 Å². The number of halogens is 1. The van der Waals surface area contributed by atoms with Gasteiger partial charge in [-0.1, -0.05) is 52.3 Å². The van der Waals surface area contributed by atoms with E-state index in [-0.39, 0.29) is 0 Å². The van der Waals surface area contributed by atoms with Gasteiger partial charge in [0.1, 0.15) is 11.4 Å². The quantitative estimate of drug-likeness (QED) is 0.734. The first-order valence-corrected chi connectivity index (χ1v) is 8.66. The lowest BCUT2D eigenvalue weighted by Gasteiger charge is -2.29. The average molecular weight is 394 g/mol. The van der Waals surface area contributed by atoms with Crippen LogP contribution in [0.5, 0.6) is 5.88 Å². The van der Waals surface area contributed by atoms with Gasteiger partial charge in [-0.15, -0.1) is 0 Å². The number of aromatic nitrogens is 1. The van der Waals surface area contributed by atoms with E-state index in [1.807, 2.05) is 42.5 Å². The molecule has 2 aromatic carbocycles. The van der Waals surface area contributed by atoms with Gasteiger partial charge in [0.25, 0.3) is 0 Å². The van der Waals surface area contributed by atoms with Crippen LogP contribution in [0.3, 0.4) is 0 Å². The SMILES string of the molecule is COc1cc(C2(c3cccc(Br)c3)N=C(N)c3ccccc32)ccn1. The van der Waals surface area contributed by atoms with Crippen LogP contribution in [-0.4, -0.2) is 17.9 Å². The Kier molecular flexibility index (Phi) is 3.81. The predicted molar refractivity (Wildman–Crippen MR) is 102 cm³/mol. The number of hydrogen-bond donors (Lipinski definition) is 1. The molecule has 1 unspecified atom stereocenters. The molecule has 1 aliphatic rings. The minimum absolute atomic E-state index is 0.534. The van der Waals surface area contributed by atoms with Crippen LogP contribution in [-0.2, 0) is 5.54 Å². The summed E-state index contributed by atoms with van der Waals surface area (Å²) in [5, 5.41) is 0. The molecule has 1 aromatic heterocycles. The first kappa shape index (κ1) is 15.8. The summed E-state index contributed by atoms with van der Waals surface area (Å²) in [6.07, 6.45) is 1.74. The van der Waals surface area contributed by atoms with Gasteiger partial charge in [0.2, 0.25) is 5.88 Å². The molecular formula is C20H16BrN3O. The van der Waals surface area contributed by atoms with Crippen molar-refractivity contribution in [2.45, 2.75) is 5.54 Å². The van der Waals surface area contributed by atoms with Gasteiger partial charge in [-0.25, -0.2) is 9.98 Å². The third kappa shape index (κ3) is 2.43. The normalized spacial score (nSPS) is 18.6. The summed E-state index contributed by atoms with van der Waals surface area (Å²) in [4.78, 5) is 9.17. The molecule has 1 atom stereocenters. The van der Waals surface area contributed by atoms with Crippen molar-refractivity contribution in [3.8, 4) is 5.88 Å². The maximum absolute atomic E-state index is 6.30. The van der Waals surface area contributed by atoms with Crippen molar-refractivity contribution in [3.05, 3.63) is 93.6 Å². The van der Waals surface area contributed by atoms with Gasteiger partial charge in [0.15, 0.2) is 0 Å². The van der Waals surface area contributed by atoms with Crippen LogP contribution in [0.1, 0.15) is 22.3 Å². The summed E-state index contributed by atoms with van der Waals surface area (Å²) >= 11 is 3.57. The molecule has 1 aliphatic heterocycles. The molecule has 4 nitrogen and oxygen atoms in total. The third-order valence-electron chi connectivity index (χ3n) is 4.49. The molecule has 0 aliphatic carbocycles. The molecule has 5 heteroatoms. The summed E-state index contributed by atoms with van der Waals surface area (Å²) in [7, 11) is 1.61. The number of aliphatic imine (C=N–C) groups is 1. The van der Waals surface area contributed by atoms with Crippen molar-refractivity contribution in [3.63, 3.8) is 0 Å². The fourth-order valence-electron chi connectivity index (χ4n) is 3.39. The van der Waals surface area contributed by atoms with E-state index in [0.717, 1.165) is 26.7 Å². The molecular weight excluding hydrogens is 378 g/mol. The predicted octanol–water partition coefficient (Wildman–Crippen LogP) is 3.86. The highest BCUT2D eigenvalue weighted by Gasteiger charge is 2.43. The van der Waals surface area contributed by atoms with Crippen molar-refractivity contribution < 1.29 is 4.74 Å². The monoisotopic (exact) mass is 393 g/mol. The summed E-state index contributed by atoms with van der Waals surface area (Å²) in [6, 6.07) is 20.1. The van der Waals surface area contributed by atoms with Crippen LogP contribution in [0.2, 0.25) is 0 Å². The number of nitrogens with zero attached hydrogens (tertiary/aromatic N) is 2. The Balaban J connectivity index is 2.07. The molecule has 3 aromatic rings. The van der Waals surface area contributed by atoms with Crippen molar-refractivity contribution in [2.24, 2.45) is 10.7 Å². The highest BCUT2D eigenvalue weighted by Crippen LogP contribution is 2.46. The maximum Gasteiger partial charge on any atom is 0.213 e. The van der Waals surface area contributed by atoms with E-state index < -0.39 is 5.54 Å². The molecule has 0 bridgehead atoms. The maximum atomic E-state index is 6.30. The van der Waals surface area contributed by atoms with Gasteiger partial charge >= 0.3 is 0 Å². The molecule has 0 spiro atoms. The van der Waals surface area contributed by atoms with Crippen LogP contribution in [0.25, 0.3) is 0 Å². The van der Waals surface area contributed by atoms with E-state index in [1.165, 1.54) is 0 Å². The van der Waals surface area contributed by atoms with Gasteiger partial charge in [-0.3, -0.25) is 0 Å². The van der Waals surface area contributed by atoms with Crippen molar-refractivity contribution >= 4 is 21.8 Å². The molecule has 0 saturated heterocycles. The zero-order valence-corrected chi connectivity index (χ0v) is 15.2. The molecule has 4 rings (SSSR count). The van der Waals surface area contributed by atoms with Gasteiger partial charge in [-0.05, 0) is 34.9 Å². The summed E-state index contributed by atoms with van der Waals surface area (Å²) in [6.45, 7) is 0. The largest absolute Gasteiger partial charge is 0.481 e. The number of benzene rings is 2. The number of nitrogens with two attached hydrogens (primary N) is 1. The van der Waals surface area contributed by atoms with Crippen LogP contribution < -0.4 is 10.5 Å². The minimum Gasteiger partial charge on any atom is -0.481 e. The summed E-state index contributed by atoms with van der Waals surface area (Å²) in [5.41, 5.74) is 9.58. The number of ether oxygens (including phenoxy) is 1. The molecule has 124 valence electrons. The first-order valence-electron chi connectivity index (χ1n) is 7.87. The number of fused-ring (bicyclic) bond motifs is 1. The smallest absolute Gasteiger partial charge is 0.213 e. The second-order valence-corrected chi connectivity index (χ2v) is 6.77. The fraction of sp³-hybridized carbons (Fsp3) is 0.100. The molecule has 25 heavy (non-hydrogen) atoms. The summed E-state index contributed by atoms with van der Waals surface area (Å²) < 4.78 is 6.32. The summed E-state index contributed by atoms with van der Waals surface area (Å²) in [5.74, 6) is 1.08. The van der Waals surface area contributed by atoms with E-state index >= 15 is 0 Å². The molecule has 2 heterocycles. The Hall–Kier alpha value is -2.66. The standard InChI is InChI=1S/C20H16BrN3O/c1-25-18-12-14(9-10-23-18)20(13-5-4-6-15(21)11-13)17-8-3-2-7-16(17)19(22)24-20/h2-12H,1H3,(H2,22,24). The highest BCUT2D eigenvalue weighted by atomic mass is 79.9. The van der Waals surface area contributed by atoms with Gasteiger partial charge in [0.05, 0.1) is 7.11 Å². The van der Waals surface area contributed by atoms with Gasteiger partial charge in [0, 0.05) is 22.3 Å². The second kappa shape index (κ2) is 6.01. The van der Waals surface area contributed by atoms with E-state index in [2.05, 4.69) is 39.1 Å². The number of methoxy groups -OCH3 is 1. The Labute approximate surface area is 154 Å². The molecule has 0 saturated carbocycles. The van der Waals surface area contributed by atoms with Crippen LogP contribution in [0.4, 0.5) is 0 Å². The van der Waals surface area contributed by atoms with Crippen molar-refractivity contribution in [1.82, 2.24) is 4.98 Å². The van der Waals surface area contributed by atoms with E-state index in [9.17, 15) is 0 Å². The Morgan fingerprint density at radius 1 is 1.00 bits per heavy atom. The van der Waals surface area contributed by atoms with Crippen LogP contribution >= 0.6 is 15.9 Å². The molecule has 2 N–H and O–H groups in total. The second-order valence-electron chi connectivity index (χ2n) is 5.85. The zero-order chi connectivity index (χ0) is 17.4. The Bertz CT molecular complexity index is 986. The molecule has 0 amide bonds. The number of hydrogen-bond acceptors (Lipinski definition) is 4. The molecule has 0 radical (unpaired) electrons. The Morgan fingerprint density at radius 3 is 2.60 bits per heavy atom. The van der Waals surface area contributed by atoms with E-state index in [1.54, 1.807) is 13.3 Å². The van der Waals surface area contributed by atoms with Gasteiger partial charge < -0.3 is 10.5 Å². The number of amidine groups is 1. The van der Waals surface area contributed by atoms with Gasteiger partial charge in [-0.2, -0.15) is 0 Å². The van der Waals surface area contributed by atoms with Crippen molar-refractivity contribution in [2.75, 3.05) is 7.11 Å². The Morgan fingerprint density at radius 2 is 1.80 bits per heavy atom. The minimum atomic E-state index is -0.722. The zero-order valence-electron chi connectivity index (χ0n) is 13.6. The third-order valence-corrected chi connectivity index (χ3v) is 4.98. The van der Waals surface area contributed by atoms with Crippen molar-refractivity contribution in [1.29, 1.82) is 0 Å². The fourth-order valence-corrected chi connectivity index (χ4v) is 3.79. The lowest BCUT2D eigenvalue weighted by atomic mass is 9.78. The lowest BCUT2D eigenvalue weighted by Crippen LogP contribution is -2.25.